The molecule has 2 rings (SSSR count). The van der Waals surface area contributed by atoms with Crippen LogP contribution in [0, 0.1) is 5.92 Å². The third-order valence-electron chi connectivity index (χ3n) is 2.90. The van der Waals surface area contributed by atoms with Crippen molar-refractivity contribution in [1.82, 2.24) is 0 Å². The molecule has 14 heavy (non-hydrogen) atoms. The van der Waals surface area contributed by atoms with Crippen molar-refractivity contribution in [3.8, 4) is 0 Å². The molecule has 0 amide bonds. The first-order valence-corrected chi connectivity index (χ1v) is 6.48. The Hall–Kier alpha value is 0.230. The fourth-order valence-corrected chi connectivity index (χ4v) is 2.95. The zero-order valence-electron chi connectivity index (χ0n) is 8.35. The molecule has 0 aromatic carbocycles. The van der Waals surface area contributed by atoms with Crippen molar-refractivity contribution in [2.75, 3.05) is 31.3 Å². The second-order valence-electron chi connectivity index (χ2n) is 3.95. The van der Waals surface area contributed by atoms with E-state index in [1.807, 2.05) is 11.8 Å². The molecular formula is C10H18O3S. The quantitative estimate of drug-likeness (QED) is 0.747. The van der Waals surface area contributed by atoms with Gasteiger partial charge in [-0.2, -0.15) is 11.8 Å². The van der Waals surface area contributed by atoms with Crippen molar-refractivity contribution in [3.63, 3.8) is 0 Å². The Morgan fingerprint density at radius 2 is 2.29 bits per heavy atom. The summed E-state index contributed by atoms with van der Waals surface area (Å²) in [5, 5.41) is 10.1. The highest BCUT2D eigenvalue weighted by atomic mass is 32.2. The molecule has 2 aliphatic rings. The van der Waals surface area contributed by atoms with Crippen molar-refractivity contribution in [1.29, 1.82) is 0 Å². The van der Waals surface area contributed by atoms with Gasteiger partial charge in [0, 0.05) is 24.0 Å². The number of hydrogen-bond acceptors (Lipinski definition) is 4. The van der Waals surface area contributed by atoms with Crippen molar-refractivity contribution in [2.24, 2.45) is 5.92 Å². The fourth-order valence-electron chi connectivity index (χ4n) is 2.04. The Morgan fingerprint density at radius 3 is 2.93 bits per heavy atom. The maximum atomic E-state index is 10.1. The summed E-state index contributed by atoms with van der Waals surface area (Å²) in [6, 6.07) is 0. The predicted molar refractivity (Wildman–Crippen MR) is 56.6 cm³/mol. The highest BCUT2D eigenvalue weighted by Gasteiger charge is 2.31. The third kappa shape index (κ3) is 2.63. The summed E-state index contributed by atoms with van der Waals surface area (Å²) in [4.78, 5) is 0. The van der Waals surface area contributed by atoms with Crippen LogP contribution in [0.3, 0.4) is 0 Å². The number of aliphatic hydroxyl groups excluding tert-OH is 1. The summed E-state index contributed by atoms with van der Waals surface area (Å²) >= 11 is 1.87. The van der Waals surface area contributed by atoms with Crippen LogP contribution in [-0.2, 0) is 9.47 Å². The van der Waals surface area contributed by atoms with Crippen LogP contribution in [0.25, 0.3) is 0 Å². The van der Waals surface area contributed by atoms with Crippen LogP contribution in [0.5, 0.6) is 0 Å². The normalized spacial score (nSPS) is 36.6. The average molecular weight is 218 g/mol. The van der Waals surface area contributed by atoms with Crippen LogP contribution in [0.4, 0.5) is 0 Å². The summed E-state index contributed by atoms with van der Waals surface area (Å²) in [6.45, 7) is 2.33. The second-order valence-corrected chi connectivity index (χ2v) is 5.10. The summed E-state index contributed by atoms with van der Waals surface area (Å²) in [6.07, 6.45) is 1.84. The van der Waals surface area contributed by atoms with E-state index < -0.39 is 0 Å². The number of hydrogen-bond donors (Lipinski definition) is 1. The lowest BCUT2D eigenvalue weighted by Gasteiger charge is -2.33. The molecule has 2 fully saturated rings. The molecule has 3 atom stereocenters. The first-order valence-electron chi connectivity index (χ1n) is 5.33. The molecule has 82 valence electrons. The Morgan fingerprint density at radius 1 is 1.36 bits per heavy atom. The van der Waals surface area contributed by atoms with Crippen molar-refractivity contribution >= 4 is 11.8 Å². The molecule has 3 nitrogen and oxygen atoms in total. The van der Waals surface area contributed by atoms with Gasteiger partial charge in [0.1, 0.15) is 0 Å². The highest BCUT2D eigenvalue weighted by molar-refractivity contribution is 7.99. The molecule has 0 spiro atoms. The molecule has 0 radical (unpaired) electrons. The maximum absolute atomic E-state index is 10.1. The van der Waals surface area contributed by atoms with Crippen LogP contribution in [-0.4, -0.2) is 48.6 Å². The topological polar surface area (TPSA) is 38.7 Å². The third-order valence-corrected chi connectivity index (χ3v) is 3.92. The summed E-state index contributed by atoms with van der Waals surface area (Å²) in [7, 11) is 0. The molecule has 2 aliphatic heterocycles. The van der Waals surface area contributed by atoms with Crippen LogP contribution in [0.2, 0.25) is 0 Å². The summed E-state index contributed by atoms with van der Waals surface area (Å²) in [5.41, 5.74) is 0. The monoisotopic (exact) mass is 218 g/mol. The fraction of sp³-hybridized carbons (Fsp3) is 1.00. The van der Waals surface area contributed by atoms with E-state index in [1.165, 1.54) is 0 Å². The van der Waals surface area contributed by atoms with Gasteiger partial charge in [-0.05, 0) is 12.8 Å². The van der Waals surface area contributed by atoms with Gasteiger partial charge < -0.3 is 14.6 Å². The standard InChI is InChI=1S/C10H18O3S/c11-10(8-2-1-3-12-6-8)9-7-14-5-4-13-9/h8-11H,1-7H2. The first-order chi connectivity index (χ1) is 6.88. The maximum Gasteiger partial charge on any atom is 0.0928 e. The molecule has 1 N–H and O–H groups in total. The average Bonchev–Trinajstić information content (AvgIpc) is 2.30. The molecule has 2 saturated heterocycles. The molecule has 0 aliphatic carbocycles. The van der Waals surface area contributed by atoms with Crippen LogP contribution in [0.15, 0.2) is 0 Å². The lowest BCUT2D eigenvalue weighted by molar-refractivity contribution is -0.0816. The van der Waals surface area contributed by atoms with E-state index in [4.69, 9.17) is 9.47 Å². The molecule has 2 heterocycles. The van der Waals surface area contributed by atoms with Crippen molar-refractivity contribution < 1.29 is 14.6 Å². The highest BCUT2D eigenvalue weighted by Crippen LogP contribution is 2.24. The first kappa shape index (κ1) is 10.7. The summed E-state index contributed by atoms with van der Waals surface area (Å²) in [5.74, 6) is 2.27. The molecular weight excluding hydrogens is 200 g/mol. The van der Waals surface area contributed by atoms with Gasteiger partial charge in [-0.25, -0.2) is 0 Å². The number of rotatable bonds is 2. The van der Waals surface area contributed by atoms with E-state index in [9.17, 15) is 5.11 Å². The van der Waals surface area contributed by atoms with Crippen molar-refractivity contribution in [3.05, 3.63) is 0 Å². The molecule has 4 heteroatoms. The van der Waals surface area contributed by atoms with E-state index >= 15 is 0 Å². The van der Waals surface area contributed by atoms with Crippen molar-refractivity contribution in [2.45, 2.75) is 25.0 Å². The Kier molecular flexibility index (Phi) is 4.10. The Bertz CT molecular complexity index is 147. The molecule has 3 unspecified atom stereocenters. The van der Waals surface area contributed by atoms with Crippen LogP contribution in [0.1, 0.15) is 12.8 Å². The molecule has 0 aromatic heterocycles. The Balaban J connectivity index is 1.82. The van der Waals surface area contributed by atoms with E-state index in [-0.39, 0.29) is 18.1 Å². The Labute approximate surface area is 89.2 Å². The van der Waals surface area contributed by atoms with Crippen LogP contribution < -0.4 is 0 Å². The second kappa shape index (κ2) is 5.35. The molecule has 0 bridgehead atoms. The van der Waals surface area contributed by atoms with E-state index in [0.717, 1.165) is 37.6 Å². The minimum atomic E-state index is -0.330. The molecule has 0 saturated carbocycles. The van der Waals surface area contributed by atoms with E-state index in [2.05, 4.69) is 0 Å². The molecule has 0 aromatic rings. The minimum absolute atomic E-state index is 0.0282. The minimum Gasteiger partial charge on any atom is -0.390 e. The number of ether oxygens (including phenoxy) is 2. The SMILES string of the molecule is OC(C1CCCOC1)C1CSCCO1. The lowest BCUT2D eigenvalue weighted by Crippen LogP contribution is -2.42. The number of thioether (sulfide) groups is 1. The van der Waals surface area contributed by atoms with Gasteiger partial charge in [0.25, 0.3) is 0 Å². The van der Waals surface area contributed by atoms with Gasteiger partial charge in [0.2, 0.25) is 0 Å². The van der Waals surface area contributed by atoms with Gasteiger partial charge in [0.15, 0.2) is 0 Å². The smallest absolute Gasteiger partial charge is 0.0928 e. The zero-order chi connectivity index (χ0) is 9.80. The predicted octanol–water partition coefficient (Wildman–Crippen LogP) is 0.906. The lowest BCUT2D eigenvalue weighted by atomic mass is 9.93. The van der Waals surface area contributed by atoms with Gasteiger partial charge in [0.05, 0.1) is 25.4 Å². The van der Waals surface area contributed by atoms with E-state index in [1.54, 1.807) is 0 Å². The van der Waals surface area contributed by atoms with Gasteiger partial charge in [-0.1, -0.05) is 0 Å². The van der Waals surface area contributed by atoms with Gasteiger partial charge in [-0.3, -0.25) is 0 Å². The van der Waals surface area contributed by atoms with Gasteiger partial charge in [-0.15, -0.1) is 0 Å². The summed E-state index contributed by atoms with van der Waals surface area (Å²) < 4.78 is 10.9. The number of aliphatic hydroxyl groups is 1. The van der Waals surface area contributed by atoms with E-state index in [0.29, 0.717) is 6.61 Å². The van der Waals surface area contributed by atoms with Gasteiger partial charge >= 0.3 is 0 Å². The zero-order valence-corrected chi connectivity index (χ0v) is 9.17. The van der Waals surface area contributed by atoms with Crippen LogP contribution >= 0.6 is 11.8 Å². The largest absolute Gasteiger partial charge is 0.390 e.